The Morgan fingerprint density at radius 2 is 1.80 bits per heavy atom. The van der Waals surface area contributed by atoms with Gasteiger partial charge in [-0.15, -0.1) is 0 Å². The first-order valence-corrected chi connectivity index (χ1v) is 10.7. The third-order valence-electron chi connectivity index (χ3n) is 5.34. The van der Waals surface area contributed by atoms with E-state index in [1.165, 1.54) is 11.1 Å². The van der Waals surface area contributed by atoms with Crippen molar-refractivity contribution in [2.75, 3.05) is 30.3 Å². The fourth-order valence-corrected chi connectivity index (χ4v) is 4.07. The zero-order valence-electron chi connectivity index (χ0n) is 18.8. The van der Waals surface area contributed by atoms with Crippen molar-refractivity contribution in [2.24, 2.45) is 5.92 Å². The Morgan fingerprint density at radius 1 is 1.17 bits per heavy atom. The molecule has 0 unspecified atom stereocenters. The largest absolute Gasteiger partial charge is 0.444 e. The van der Waals surface area contributed by atoms with Crippen molar-refractivity contribution < 1.29 is 9.53 Å². The first kappa shape index (κ1) is 21.9. The smallest absolute Gasteiger partial charge is 0.407 e. The Hall–Kier alpha value is -2.76. The molecule has 1 saturated heterocycles. The van der Waals surface area contributed by atoms with Crippen molar-refractivity contribution in [3.8, 4) is 11.1 Å². The van der Waals surface area contributed by atoms with Crippen molar-refractivity contribution in [1.29, 1.82) is 0 Å². The zero-order chi connectivity index (χ0) is 21.9. The summed E-state index contributed by atoms with van der Waals surface area (Å²) in [7, 11) is 0. The molecule has 162 valence electrons. The molecule has 2 aromatic rings. The van der Waals surface area contributed by atoms with E-state index in [9.17, 15) is 4.79 Å². The summed E-state index contributed by atoms with van der Waals surface area (Å²) in [4.78, 5) is 18.6. The lowest BCUT2D eigenvalue weighted by atomic mass is 9.94. The first-order chi connectivity index (χ1) is 14.1. The number of benzene rings is 1. The number of nitrogens with one attached hydrogen (secondary N) is 1. The number of nitrogens with zero attached hydrogens (tertiary/aromatic N) is 2. The molecule has 0 bridgehead atoms. The van der Waals surface area contributed by atoms with Gasteiger partial charge in [-0.1, -0.05) is 29.3 Å². The maximum Gasteiger partial charge on any atom is 0.407 e. The number of aromatic nitrogens is 1. The summed E-state index contributed by atoms with van der Waals surface area (Å²) < 4.78 is 5.33. The van der Waals surface area contributed by atoms with E-state index in [0.717, 1.165) is 42.7 Å². The van der Waals surface area contributed by atoms with Crippen molar-refractivity contribution in [3.63, 3.8) is 0 Å². The number of piperidine rings is 1. The number of carbonyl (C=O) groups excluding carboxylic acids is 1. The molecular weight excluding hydrogens is 376 g/mol. The Labute approximate surface area is 179 Å². The van der Waals surface area contributed by atoms with Gasteiger partial charge in [-0.3, -0.25) is 4.98 Å². The predicted octanol–water partition coefficient (Wildman–Crippen LogP) is 4.69. The van der Waals surface area contributed by atoms with Crippen LogP contribution in [0.4, 0.5) is 16.2 Å². The lowest BCUT2D eigenvalue weighted by Crippen LogP contribution is -2.40. The lowest BCUT2D eigenvalue weighted by molar-refractivity contribution is 0.0517. The van der Waals surface area contributed by atoms with Gasteiger partial charge in [-0.05, 0) is 58.9 Å². The highest BCUT2D eigenvalue weighted by Crippen LogP contribution is 2.37. The summed E-state index contributed by atoms with van der Waals surface area (Å²) in [6.07, 6.45) is 5.28. The summed E-state index contributed by atoms with van der Waals surface area (Å²) in [6, 6.07) is 6.54. The van der Waals surface area contributed by atoms with E-state index in [0.29, 0.717) is 18.2 Å². The monoisotopic (exact) mass is 410 g/mol. The minimum absolute atomic E-state index is 0.347. The highest BCUT2D eigenvalue weighted by molar-refractivity contribution is 5.86. The van der Waals surface area contributed by atoms with Crippen LogP contribution in [0.5, 0.6) is 0 Å². The molecule has 1 aromatic heterocycles. The maximum absolute atomic E-state index is 11.9. The molecule has 2 heterocycles. The number of nitrogen functional groups attached to an aromatic ring is 1. The molecule has 0 radical (unpaired) electrons. The van der Waals surface area contributed by atoms with E-state index in [-0.39, 0.29) is 6.09 Å². The van der Waals surface area contributed by atoms with Crippen LogP contribution in [-0.2, 0) is 4.74 Å². The number of ether oxygens (including phenoxy) is 1. The summed E-state index contributed by atoms with van der Waals surface area (Å²) in [5.74, 6) is 0.432. The van der Waals surface area contributed by atoms with Gasteiger partial charge < -0.3 is 20.7 Å². The second-order valence-corrected chi connectivity index (χ2v) is 9.31. The number of anilines is 2. The van der Waals surface area contributed by atoms with Gasteiger partial charge in [0.15, 0.2) is 0 Å². The van der Waals surface area contributed by atoms with Crippen molar-refractivity contribution in [3.05, 3.63) is 41.7 Å². The topological polar surface area (TPSA) is 80.5 Å². The summed E-state index contributed by atoms with van der Waals surface area (Å²) in [5, 5.41) is 2.91. The SMILES string of the molecule is Cc1cc(C)cc(-c2cncc(N)c2N2CCC(CNC(=O)OC(C)(C)C)CC2)c1. The van der Waals surface area contributed by atoms with Crippen LogP contribution in [0.1, 0.15) is 44.7 Å². The lowest BCUT2D eigenvalue weighted by Gasteiger charge is -2.35. The van der Waals surface area contributed by atoms with Gasteiger partial charge in [0, 0.05) is 31.4 Å². The maximum atomic E-state index is 11.9. The molecule has 6 nitrogen and oxygen atoms in total. The molecule has 3 rings (SSSR count). The van der Waals surface area contributed by atoms with Crippen LogP contribution in [0, 0.1) is 19.8 Å². The molecule has 1 amide bonds. The van der Waals surface area contributed by atoms with E-state index < -0.39 is 5.60 Å². The average Bonchev–Trinajstić information content (AvgIpc) is 2.64. The van der Waals surface area contributed by atoms with E-state index in [4.69, 9.17) is 10.5 Å². The first-order valence-electron chi connectivity index (χ1n) is 10.7. The third-order valence-corrected chi connectivity index (χ3v) is 5.34. The van der Waals surface area contributed by atoms with Crippen LogP contribution in [0.25, 0.3) is 11.1 Å². The minimum Gasteiger partial charge on any atom is -0.444 e. The number of amides is 1. The third kappa shape index (κ3) is 5.65. The van der Waals surface area contributed by atoms with Gasteiger partial charge in [0.2, 0.25) is 0 Å². The van der Waals surface area contributed by atoms with Crippen molar-refractivity contribution >= 4 is 17.5 Å². The second kappa shape index (κ2) is 8.94. The van der Waals surface area contributed by atoms with Crippen LogP contribution in [-0.4, -0.2) is 36.3 Å². The van der Waals surface area contributed by atoms with Gasteiger partial charge in [0.25, 0.3) is 0 Å². The predicted molar refractivity (Wildman–Crippen MR) is 123 cm³/mol. The number of alkyl carbamates (subject to hydrolysis) is 1. The minimum atomic E-state index is -0.475. The summed E-state index contributed by atoms with van der Waals surface area (Å²) in [5.41, 5.74) is 12.4. The molecule has 3 N–H and O–H groups in total. The van der Waals surface area contributed by atoms with E-state index >= 15 is 0 Å². The number of rotatable bonds is 4. The molecule has 1 aliphatic rings. The van der Waals surface area contributed by atoms with Gasteiger partial charge in [0.05, 0.1) is 17.6 Å². The molecular formula is C24H34N4O2. The van der Waals surface area contributed by atoms with Crippen molar-refractivity contribution in [2.45, 2.75) is 53.1 Å². The Morgan fingerprint density at radius 3 is 2.40 bits per heavy atom. The van der Waals surface area contributed by atoms with E-state index in [2.05, 4.69) is 47.2 Å². The average molecular weight is 411 g/mol. The van der Waals surface area contributed by atoms with Crippen LogP contribution in [0.3, 0.4) is 0 Å². The molecule has 1 aliphatic heterocycles. The molecule has 1 fully saturated rings. The van der Waals surface area contributed by atoms with Gasteiger partial charge >= 0.3 is 6.09 Å². The van der Waals surface area contributed by atoms with Gasteiger partial charge in [0.1, 0.15) is 5.60 Å². The second-order valence-electron chi connectivity index (χ2n) is 9.31. The Balaban J connectivity index is 1.68. The fraction of sp³-hybridized carbons (Fsp3) is 0.500. The van der Waals surface area contributed by atoms with Gasteiger partial charge in [-0.2, -0.15) is 0 Å². The molecule has 30 heavy (non-hydrogen) atoms. The highest BCUT2D eigenvalue weighted by Gasteiger charge is 2.24. The number of hydrogen-bond donors (Lipinski definition) is 2. The standard InChI is InChI=1S/C24H34N4O2/c1-16-10-17(2)12-19(11-16)20-14-26-15-21(25)22(20)28-8-6-18(7-9-28)13-27-23(29)30-24(3,4)5/h10-12,14-15,18H,6-9,13,25H2,1-5H3,(H,27,29). The number of carbonyl (C=O) groups is 1. The van der Waals surface area contributed by atoms with Crippen LogP contribution >= 0.6 is 0 Å². The highest BCUT2D eigenvalue weighted by atomic mass is 16.6. The normalized spacial score (nSPS) is 15.2. The molecule has 0 atom stereocenters. The quantitative estimate of drug-likeness (QED) is 0.764. The molecule has 0 saturated carbocycles. The van der Waals surface area contributed by atoms with Gasteiger partial charge in [-0.25, -0.2) is 4.79 Å². The van der Waals surface area contributed by atoms with E-state index in [1.54, 1.807) is 6.20 Å². The molecule has 0 spiro atoms. The van der Waals surface area contributed by atoms with Crippen LogP contribution < -0.4 is 16.0 Å². The van der Waals surface area contributed by atoms with E-state index in [1.807, 2.05) is 27.0 Å². The summed E-state index contributed by atoms with van der Waals surface area (Å²) >= 11 is 0. The zero-order valence-corrected chi connectivity index (χ0v) is 18.8. The number of aryl methyl sites for hydroxylation is 2. The molecule has 0 aliphatic carbocycles. The fourth-order valence-electron chi connectivity index (χ4n) is 4.07. The Bertz CT molecular complexity index is 876. The number of nitrogens with two attached hydrogens (primary N) is 1. The number of pyridine rings is 1. The van der Waals surface area contributed by atoms with Crippen molar-refractivity contribution in [1.82, 2.24) is 10.3 Å². The summed E-state index contributed by atoms with van der Waals surface area (Å²) in [6.45, 7) is 12.3. The molecule has 1 aromatic carbocycles. The van der Waals surface area contributed by atoms with Crippen LogP contribution in [0.2, 0.25) is 0 Å². The number of hydrogen-bond acceptors (Lipinski definition) is 5. The van der Waals surface area contributed by atoms with Crippen LogP contribution in [0.15, 0.2) is 30.6 Å². The Kier molecular flexibility index (Phi) is 6.54. The molecule has 6 heteroatoms.